The summed E-state index contributed by atoms with van der Waals surface area (Å²) in [5.41, 5.74) is 2.07. The number of aromatic nitrogens is 3. The Hall–Kier alpha value is -1.62. The number of anilines is 1. The van der Waals surface area contributed by atoms with Crippen molar-refractivity contribution < 1.29 is 4.74 Å². The molecule has 1 aliphatic rings. The van der Waals surface area contributed by atoms with Crippen molar-refractivity contribution in [3.8, 4) is 0 Å². The lowest BCUT2D eigenvalue weighted by molar-refractivity contribution is 0.122. The van der Waals surface area contributed by atoms with Crippen molar-refractivity contribution in [1.29, 1.82) is 0 Å². The van der Waals surface area contributed by atoms with Gasteiger partial charge >= 0.3 is 0 Å². The van der Waals surface area contributed by atoms with Crippen molar-refractivity contribution in [1.82, 2.24) is 15.0 Å². The zero-order chi connectivity index (χ0) is 13.8. The first-order chi connectivity index (χ1) is 9.88. The second-order valence-electron chi connectivity index (χ2n) is 5.26. The average molecular weight is 274 g/mol. The quantitative estimate of drug-likeness (QED) is 0.851. The van der Waals surface area contributed by atoms with Gasteiger partial charge in [-0.1, -0.05) is 19.8 Å². The van der Waals surface area contributed by atoms with E-state index in [1.54, 1.807) is 0 Å². The van der Waals surface area contributed by atoms with Gasteiger partial charge in [-0.05, 0) is 12.5 Å². The minimum atomic E-state index is 0.775. The zero-order valence-corrected chi connectivity index (χ0v) is 12.1. The highest BCUT2D eigenvalue weighted by atomic mass is 16.5. The molecule has 0 saturated carbocycles. The number of morpholine rings is 1. The number of rotatable bonds is 5. The Kier molecular flexibility index (Phi) is 4.16. The molecule has 0 atom stereocenters. The molecule has 0 amide bonds. The molecule has 1 saturated heterocycles. The Labute approximate surface area is 119 Å². The van der Waals surface area contributed by atoms with E-state index in [1.807, 2.05) is 12.3 Å². The molecular formula is C15H22N4O. The summed E-state index contributed by atoms with van der Waals surface area (Å²) in [5, 5.41) is 0. The Morgan fingerprint density at radius 2 is 2.10 bits per heavy atom. The molecular weight excluding hydrogens is 252 g/mol. The van der Waals surface area contributed by atoms with E-state index in [9.17, 15) is 0 Å². The fraction of sp³-hybridized carbons (Fsp3) is 0.600. The maximum absolute atomic E-state index is 5.43. The maximum Gasteiger partial charge on any atom is 0.156 e. The third-order valence-electron chi connectivity index (χ3n) is 3.75. The predicted octanol–water partition coefficient (Wildman–Crippen LogP) is 2.53. The standard InChI is InChI=1S/C15H22N4O/c1-2-3-4-5-13-17-12-6-7-16-14(12)15(18-13)19-8-10-20-11-9-19/h6-7,16H,2-5,8-11H2,1H3. The number of hydrogen-bond acceptors (Lipinski definition) is 4. The van der Waals surface area contributed by atoms with Gasteiger partial charge in [0.1, 0.15) is 11.3 Å². The summed E-state index contributed by atoms with van der Waals surface area (Å²) in [5.74, 6) is 2.00. The number of nitrogens with zero attached hydrogens (tertiary/aromatic N) is 3. The predicted molar refractivity (Wildman–Crippen MR) is 80.1 cm³/mol. The second kappa shape index (κ2) is 6.22. The van der Waals surface area contributed by atoms with Crippen molar-refractivity contribution in [2.24, 2.45) is 0 Å². The minimum Gasteiger partial charge on any atom is -0.378 e. The number of fused-ring (bicyclic) bond motifs is 1. The van der Waals surface area contributed by atoms with Crippen LogP contribution >= 0.6 is 0 Å². The molecule has 2 aromatic heterocycles. The van der Waals surface area contributed by atoms with Crippen LogP contribution in [0, 0.1) is 0 Å². The van der Waals surface area contributed by atoms with Crippen molar-refractivity contribution in [2.75, 3.05) is 31.2 Å². The molecule has 3 rings (SSSR count). The molecule has 0 bridgehead atoms. The van der Waals surface area contributed by atoms with E-state index >= 15 is 0 Å². The Balaban J connectivity index is 1.89. The van der Waals surface area contributed by atoms with Crippen LogP contribution < -0.4 is 4.90 Å². The van der Waals surface area contributed by atoms with E-state index in [4.69, 9.17) is 9.72 Å². The number of H-pyrrole nitrogens is 1. The van der Waals surface area contributed by atoms with Gasteiger partial charge in [0.2, 0.25) is 0 Å². The molecule has 5 heteroatoms. The van der Waals surface area contributed by atoms with Gasteiger partial charge in [0, 0.05) is 25.7 Å². The third-order valence-corrected chi connectivity index (χ3v) is 3.75. The average Bonchev–Trinajstić information content (AvgIpc) is 2.96. The molecule has 1 aliphatic heterocycles. The third kappa shape index (κ3) is 2.77. The molecule has 0 radical (unpaired) electrons. The van der Waals surface area contributed by atoms with Crippen LogP contribution in [-0.4, -0.2) is 41.3 Å². The molecule has 0 unspecified atom stereocenters. The summed E-state index contributed by atoms with van der Waals surface area (Å²) in [6.45, 7) is 5.57. The molecule has 0 spiro atoms. The van der Waals surface area contributed by atoms with Gasteiger partial charge in [0.15, 0.2) is 5.82 Å². The number of hydrogen-bond donors (Lipinski definition) is 1. The first kappa shape index (κ1) is 13.4. The van der Waals surface area contributed by atoms with E-state index in [0.29, 0.717) is 0 Å². The molecule has 1 N–H and O–H groups in total. The highest BCUT2D eigenvalue weighted by molar-refractivity contribution is 5.86. The van der Waals surface area contributed by atoms with E-state index in [2.05, 4.69) is 21.8 Å². The van der Waals surface area contributed by atoms with Crippen LogP contribution in [0.3, 0.4) is 0 Å². The van der Waals surface area contributed by atoms with Gasteiger partial charge < -0.3 is 14.6 Å². The summed E-state index contributed by atoms with van der Waals surface area (Å²) in [4.78, 5) is 15.0. The van der Waals surface area contributed by atoms with Crippen molar-refractivity contribution in [3.63, 3.8) is 0 Å². The summed E-state index contributed by atoms with van der Waals surface area (Å²) in [7, 11) is 0. The van der Waals surface area contributed by atoms with Gasteiger partial charge in [-0.2, -0.15) is 0 Å². The van der Waals surface area contributed by atoms with Gasteiger partial charge in [0.05, 0.1) is 18.7 Å². The van der Waals surface area contributed by atoms with Gasteiger partial charge in [0.25, 0.3) is 0 Å². The SMILES string of the molecule is CCCCCc1nc(N2CCOCC2)c2[nH]ccc2n1. The van der Waals surface area contributed by atoms with E-state index in [0.717, 1.165) is 61.8 Å². The molecule has 2 aromatic rings. The summed E-state index contributed by atoms with van der Waals surface area (Å²) in [6.07, 6.45) is 6.53. The Bertz CT molecular complexity index is 560. The lowest BCUT2D eigenvalue weighted by atomic mass is 10.2. The number of aryl methyl sites for hydroxylation is 1. The zero-order valence-electron chi connectivity index (χ0n) is 12.1. The fourth-order valence-electron chi connectivity index (χ4n) is 2.62. The number of ether oxygens (including phenoxy) is 1. The van der Waals surface area contributed by atoms with Crippen LogP contribution in [0.25, 0.3) is 11.0 Å². The van der Waals surface area contributed by atoms with Crippen LogP contribution in [0.2, 0.25) is 0 Å². The van der Waals surface area contributed by atoms with Crippen LogP contribution in [0.4, 0.5) is 5.82 Å². The summed E-state index contributed by atoms with van der Waals surface area (Å²) in [6, 6.07) is 2.03. The van der Waals surface area contributed by atoms with Gasteiger partial charge in [-0.3, -0.25) is 0 Å². The number of nitrogens with one attached hydrogen (secondary N) is 1. The molecule has 5 nitrogen and oxygen atoms in total. The molecule has 108 valence electrons. The maximum atomic E-state index is 5.43. The smallest absolute Gasteiger partial charge is 0.156 e. The fourth-order valence-corrected chi connectivity index (χ4v) is 2.62. The van der Waals surface area contributed by atoms with E-state index in [1.165, 1.54) is 12.8 Å². The van der Waals surface area contributed by atoms with Crippen LogP contribution in [0.5, 0.6) is 0 Å². The summed E-state index contributed by atoms with van der Waals surface area (Å²) < 4.78 is 5.43. The van der Waals surface area contributed by atoms with Crippen molar-refractivity contribution in [3.05, 3.63) is 18.1 Å². The lowest BCUT2D eigenvalue weighted by Gasteiger charge is -2.28. The first-order valence-corrected chi connectivity index (χ1v) is 7.55. The molecule has 0 aromatic carbocycles. The van der Waals surface area contributed by atoms with Crippen molar-refractivity contribution in [2.45, 2.75) is 32.6 Å². The summed E-state index contributed by atoms with van der Waals surface area (Å²) >= 11 is 0. The highest BCUT2D eigenvalue weighted by Gasteiger charge is 2.17. The Morgan fingerprint density at radius 1 is 1.25 bits per heavy atom. The van der Waals surface area contributed by atoms with Crippen molar-refractivity contribution >= 4 is 16.9 Å². The minimum absolute atomic E-state index is 0.775. The lowest BCUT2D eigenvalue weighted by Crippen LogP contribution is -2.37. The number of unbranched alkanes of at least 4 members (excludes halogenated alkanes) is 2. The molecule has 20 heavy (non-hydrogen) atoms. The van der Waals surface area contributed by atoms with E-state index in [-0.39, 0.29) is 0 Å². The topological polar surface area (TPSA) is 54.0 Å². The molecule has 1 fully saturated rings. The molecule has 0 aliphatic carbocycles. The normalized spacial score (nSPS) is 15.9. The van der Waals surface area contributed by atoms with E-state index < -0.39 is 0 Å². The van der Waals surface area contributed by atoms with Gasteiger partial charge in [-0.15, -0.1) is 0 Å². The number of aromatic amines is 1. The monoisotopic (exact) mass is 274 g/mol. The Morgan fingerprint density at radius 3 is 2.90 bits per heavy atom. The molecule has 3 heterocycles. The first-order valence-electron chi connectivity index (χ1n) is 7.55. The van der Waals surface area contributed by atoms with Crippen LogP contribution in [-0.2, 0) is 11.2 Å². The van der Waals surface area contributed by atoms with Crippen LogP contribution in [0.15, 0.2) is 12.3 Å². The second-order valence-corrected chi connectivity index (χ2v) is 5.26. The van der Waals surface area contributed by atoms with Gasteiger partial charge in [-0.25, -0.2) is 9.97 Å². The largest absolute Gasteiger partial charge is 0.378 e. The van der Waals surface area contributed by atoms with Crippen LogP contribution in [0.1, 0.15) is 32.0 Å². The highest BCUT2D eigenvalue weighted by Crippen LogP contribution is 2.23.